The largest absolute Gasteiger partial charge is 0.507 e. The lowest BCUT2D eigenvalue weighted by Crippen LogP contribution is -2.50. The van der Waals surface area contributed by atoms with E-state index in [-0.39, 0.29) is 29.7 Å². The van der Waals surface area contributed by atoms with Crippen LogP contribution in [-0.2, 0) is 11.2 Å². The Morgan fingerprint density at radius 3 is 2.55 bits per heavy atom. The SMILES string of the molecule is CCCc1cc(F)cc(/C=N/NC(=O)CN2CCN(C(=O)c3ccc(C#N)cc3)CC2)c1O. The number of hydrazone groups is 1. The molecule has 2 N–H and O–H groups in total. The molecule has 0 saturated carbocycles. The van der Waals surface area contributed by atoms with Gasteiger partial charge in [-0.05, 0) is 48.4 Å². The van der Waals surface area contributed by atoms with E-state index in [1.54, 1.807) is 29.2 Å². The number of phenols is 1. The second-order valence-corrected chi connectivity index (χ2v) is 7.80. The van der Waals surface area contributed by atoms with Gasteiger partial charge in [-0.25, -0.2) is 9.82 Å². The molecule has 172 valence electrons. The molecule has 1 aliphatic rings. The standard InChI is InChI=1S/C24H26FN5O3/c1-2-3-19-12-21(25)13-20(23(19)32)15-27-28-22(31)16-29-8-10-30(11-9-29)24(33)18-6-4-17(14-26)5-7-18/h4-7,12-13,15,32H,2-3,8-11,16H2,1H3,(H,28,31)/b27-15+. The van der Waals surface area contributed by atoms with E-state index in [1.807, 2.05) is 17.9 Å². The Bertz CT molecular complexity index is 1070. The van der Waals surface area contributed by atoms with Gasteiger partial charge in [0.2, 0.25) is 0 Å². The Balaban J connectivity index is 1.47. The maximum Gasteiger partial charge on any atom is 0.254 e. The fourth-order valence-corrected chi connectivity index (χ4v) is 3.63. The number of piperazine rings is 1. The second-order valence-electron chi connectivity index (χ2n) is 7.80. The number of aryl methyl sites for hydroxylation is 1. The zero-order valence-corrected chi connectivity index (χ0v) is 18.4. The number of nitrogens with zero attached hydrogens (tertiary/aromatic N) is 4. The first kappa shape index (κ1) is 23.9. The summed E-state index contributed by atoms with van der Waals surface area (Å²) in [6.07, 6.45) is 2.52. The number of hydrogen-bond donors (Lipinski definition) is 2. The van der Waals surface area contributed by atoms with Crippen LogP contribution in [0.2, 0.25) is 0 Å². The minimum Gasteiger partial charge on any atom is -0.507 e. The lowest BCUT2D eigenvalue weighted by atomic mass is 10.1. The Hall–Kier alpha value is -3.77. The fraction of sp³-hybridized carbons (Fsp3) is 0.333. The number of aromatic hydroxyl groups is 1. The molecule has 1 fully saturated rings. The number of amides is 2. The maximum absolute atomic E-state index is 13.7. The van der Waals surface area contributed by atoms with Crippen molar-refractivity contribution in [2.45, 2.75) is 19.8 Å². The average Bonchev–Trinajstić information content (AvgIpc) is 2.82. The summed E-state index contributed by atoms with van der Waals surface area (Å²) in [5.41, 5.74) is 4.12. The number of hydrogen-bond acceptors (Lipinski definition) is 6. The number of nitrogens with one attached hydrogen (secondary N) is 1. The van der Waals surface area contributed by atoms with Gasteiger partial charge in [-0.3, -0.25) is 14.5 Å². The van der Waals surface area contributed by atoms with Gasteiger partial charge in [0.25, 0.3) is 11.8 Å². The van der Waals surface area contributed by atoms with E-state index >= 15 is 0 Å². The van der Waals surface area contributed by atoms with E-state index in [0.29, 0.717) is 49.3 Å². The highest BCUT2D eigenvalue weighted by atomic mass is 19.1. The maximum atomic E-state index is 13.7. The first-order valence-corrected chi connectivity index (χ1v) is 10.8. The van der Waals surface area contributed by atoms with Gasteiger partial charge in [-0.2, -0.15) is 10.4 Å². The summed E-state index contributed by atoms with van der Waals surface area (Å²) in [6.45, 7) is 4.06. The van der Waals surface area contributed by atoms with Gasteiger partial charge < -0.3 is 10.0 Å². The number of carbonyl (C=O) groups excluding carboxylic acids is 2. The number of nitriles is 1. The van der Waals surface area contributed by atoms with E-state index in [1.165, 1.54) is 12.3 Å². The molecule has 8 nitrogen and oxygen atoms in total. The molecule has 0 aliphatic carbocycles. The van der Waals surface area contributed by atoms with Crippen LogP contribution in [-0.4, -0.2) is 65.7 Å². The monoisotopic (exact) mass is 451 g/mol. The van der Waals surface area contributed by atoms with Gasteiger partial charge in [0.1, 0.15) is 11.6 Å². The Morgan fingerprint density at radius 1 is 1.21 bits per heavy atom. The highest BCUT2D eigenvalue weighted by molar-refractivity contribution is 5.94. The van der Waals surface area contributed by atoms with Crippen molar-refractivity contribution in [1.29, 1.82) is 5.26 Å². The van der Waals surface area contributed by atoms with Crippen molar-refractivity contribution in [2.75, 3.05) is 32.7 Å². The van der Waals surface area contributed by atoms with Crippen LogP contribution in [0.4, 0.5) is 4.39 Å². The van der Waals surface area contributed by atoms with Crippen LogP contribution in [0.1, 0.15) is 40.4 Å². The predicted molar refractivity (Wildman–Crippen MR) is 121 cm³/mol. The van der Waals surface area contributed by atoms with Crippen molar-refractivity contribution < 1.29 is 19.1 Å². The third-order valence-electron chi connectivity index (χ3n) is 5.38. The molecule has 0 bridgehead atoms. The van der Waals surface area contributed by atoms with Crippen molar-refractivity contribution in [3.63, 3.8) is 0 Å². The van der Waals surface area contributed by atoms with Crippen LogP contribution in [0, 0.1) is 17.1 Å². The van der Waals surface area contributed by atoms with Crippen LogP contribution in [0.5, 0.6) is 5.75 Å². The van der Waals surface area contributed by atoms with Crippen LogP contribution in [0.3, 0.4) is 0 Å². The van der Waals surface area contributed by atoms with Crippen molar-refractivity contribution in [3.05, 3.63) is 64.5 Å². The van der Waals surface area contributed by atoms with Gasteiger partial charge in [0.15, 0.2) is 0 Å². The van der Waals surface area contributed by atoms with Gasteiger partial charge >= 0.3 is 0 Å². The van der Waals surface area contributed by atoms with E-state index in [9.17, 15) is 19.1 Å². The van der Waals surface area contributed by atoms with Crippen LogP contribution >= 0.6 is 0 Å². The summed E-state index contributed by atoms with van der Waals surface area (Å²) in [4.78, 5) is 28.4. The highest BCUT2D eigenvalue weighted by Crippen LogP contribution is 2.24. The summed E-state index contributed by atoms with van der Waals surface area (Å²) < 4.78 is 13.7. The van der Waals surface area contributed by atoms with Crippen LogP contribution in [0.25, 0.3) is 0 Å². The fourth-order valence-electron chi connectivity index (χ4n) is 3.63. The predicted octanol–water partition coefficient (Wildman–Crippen LogP) is 2.26. The van der Waals surface area contributed by atoms with Gasteiger partial charge in [0, 0.05) is 37.3 Å². The quantitative estimate of drug-likeness (QED) is 0.496. The van der Waals surface area contributed by atoms with Crippen LogP contribution < -0.4 is 5.43 Å². The molecule has 3 rings (SSSR count). The molecule has 0 unspecified atom stereocenters. The lowest BCUT2D eigenvalue weighted by molar-refractivity contribution is -0.122. The van der Waals surface area contributed by atoms with E-state index in [0.717, 1.165) is 12.5 Å². The molecule has 2 aromatic rings. The second kappa shape index (κ2) is 11.2. The molecule has 0 atom stereocenters. The van der Waals surface area contributed by atoms with Crippen molar-refractivity contribution in [2.24, 2.45) is 5.10 Å². The summed E-state index contributed by atoms with van der Waals surface area (Å²) in [5.74, 6) is -0.968. The molecule has 0 spiro atoms. The summed E-state index contributed by atoms with van der Waals surface area (Å²) in [7, 11) is 0. The third-order valence-corrected chi connectivity index (χ3v) is 5.38. The Labute approximate surface area is 191 Å². The van der Waals surface area contributed by atoms with E-state index in [4.69, 9.17) is 5.26 Å². The molecule has 2 aromatic carbocycles. The lowest BCUT2D eigenvalue weighted by Gasteiger charge is -2.34. The molecule has 0 aromatic heterocycles. The molecule has 1 aliphatic heterocycles. The summed E-state index contributed by atoms with van der Waals surface area (Å²) >= 11 is 0. The average molecular weight is 452 g/mol. The molecule has 1 saturated heterocycles. The molecule has 33 heavy (non-hydrogen) atoms. The normalized spacial score (nSPS) is 14.3. The van der Waals surface area contributed by atoms with E-state index < -0.39 is 5.82 Å². The first-order chi connectivity index (χ1) is 15.9. The molecule has 0 radical (unpaired) electrons. The number of benzene rings is 2. The Morgan fingerprint density at radius 2 is 1.91 bits per heavy atom. The molecular weight excluding hydrogens is 425 g/mol. The van der Waals surface area contributed by atoms with Crippen molar-refractivity contribution >= 4 is 18.0 Å². The zero-order chi connectivity index (χ0) is 23.8. The third kappa shape index (κ3) is 6.37. The Kier molecular flexibility index (Phi) is 8.11. The van der Waals surface area contributed by atoms with Crippen molar-refractivity contribution in [3.8, 4) is 11.8 Å². The topological polar surface area (TPSA) is 109 Å². The zero-order valence-electron chi connectivity index (χ0n) is 18.4. The van der Waals surface area contributed by atoms with E-state index in [2.05, 4.69) is 10.5 Å². The summed E-state index contributed by atoms with van der Waals surface area (Å²) in [6, 6.07) is 11.0. The minimum absolute atomic E-state index is 0.0423. The van der Waals surface area contributed by atoms with Gasteiger partial charge in [0.05, 0.1) is 24.4 Å². The molecular formula is C24H26FN5O3. The number of rotatable bonds is 7. The minimum atomic E-state index is -0.475. The van der Waals surface area contributed by atoms with Gasteiger partial charge in [-0.1, -0.05) is 13.3 Å². The van der Waals surface area contributed by atoms with Gasteiger partial charge in [-0.15, -0.1) is 0 Å². The highest BCUT2D eigenvalue weighted by Gasteiger charge is 2.23. The first-order valence-electron chi connectivity index (χ1n) is 10.8. The van der Waals surface area contributed by atoms with Crippen LogP contribution in [0.15, 0.2) is 41.5 Å². The number of phenolic OH excluding ortho intramolecular Hbond substituents is 1. The van der Waals surface area contributed by atoms with Crippen molar-refractivity contribution in [1.82, 2.24) is 15.2 Å². The molecule has 1 heterocycles. The smallest absolute Gasteiger partial charge is 0.254 e. The molecule has 9 heteroatoms. The number of halogens is 1. The molecule has 2 amide bonds. The number of carbonyl (C=O) groups is 2. The summed E-state index contributed by atoms with van der Waals surface area (Å²) in [5, 5.41) is 22.9.